The summed E-state index contributed by atoms with van der Waals surface area (Å²) >= 11 is 0. The molecule has 0 spiro atoms. The van der Waals surface area contributed by atoms with Gasteiger partial charge in [-0.3, -0.25) is 0 Å². The highest BCUT2D eigenvalue weighted by molar-refractivity contribution is 6.09. The SMILES string of the molecule is CCCCCc1ccc(/C(N)=N/O)c2ccn(C)c12. The van der Waals surface area contributed by atoms with Gasteiger partial charge in [-0.2, -0.15) is 0 Å². The van der Waals surface area contributed by atoms with Crippen molar-refractivity contribution in [2.24, 2.45) is 17.9 Å². The van der Waals surface area contributed by atoms with E-state index < -0.39 is 0 Å². The Morgan fingerprint density at radius 2 is 2.11 bits per heavy atom. The first kappa shape index (κ1) is 13.5. The highest BCUT2D eigenvalue weighted by atomic mass is 16.4. The maximum Gasteiger partial charge on any atom is 0.170 e. The van der Waals surface area contributed by atoms with Gasteiger partial charge in [0.05, 0.1) is 5.52 Å². The molecule has 1 heterocycles. The van der Waals surface area contributed by atoms with E-state index >= 15 is 0 Å². The zero-order valence-electron chi connectivity index (χ0n) is 11.6. The number of nitrogens with zero attached hydrogens (tertiary/aromatic N) is 2. The zero-order valence-corrected chi connectivity index (χ0v) is 11.6. The van der Waals surface area contributed by atoms with Gasteiger partial charge in [0.1, 0.15) is 0 Å². The number of benzene rings is 1. The molecule has 3 N–H and O–H groups in total. The van der Waals surface area contributed by atoms with E-state index in [1.54, 1.807) is 0 Å². The van der Waals surface area contributed by atoms with Crippen LogP contribution in [0.1, 0.15) is 37.3 Å². The predicted octanol–water partition coefficient (Wildman–Crippen LogP) is 3.01. The molecule has 102 valence electrons. The molecule has 4 heteroatoms. The lowest BCUT2D eigenvalue weighted by molar-refractivity contribution is 0.318. The second kappa shape index (κ2) is 5.78. The van der Waals surface area contributed by atoms with Crippen molar-refractivity contribution in [3.63, 3.8) is 0 Å². The summed E-state index contributed by atoms with van der Waals surface area (Å²) in [5, 5.41) is 13.0. The Bertz CT molecular complexity index is 599. The zero-order chi connectivity index (χ0) is 13.8. The predicted molar refractivity (Wildman–Crippen MR) is 78.7 cm³/mol. The molecule has 19 heavy (non-hydrogen) atoms. The van der Waals surface area contributed by atoms with Gasteiger partial charge in [-0.1, -0.05) is 37.1 Å². The molecule has 0 saturated heterocycles. The van der Waals surface area contributed by atoms with E-state index in [1.165, 1.54) is 30.3 Å². The first-order valence-corrected chi connectivity index (χ1v) is 6.73. The number of amidine groups is 1. The third-order valence-corrected chi connectivity index (χ3v) is 3.55. The molecule has 2 rings (SSSR count). The summed E-state index contributed by atoms with van der Waals surface area (Å²) in [6, 6.07) is 6.05. The minimum absolute atomic E-state index is 0.163. The Labute approximate surface area is 113 Å². The summed E-state index contributed by atoms with van der Waals surface area (Å²) in [6.07, 6.45) is 6.74. The summed E-state index contributed by atoms with van der Waals surface area (Å²) in [5.74, 6) is 0.163. The number of fused-ring (bicyclic) bond motifs is 1. The maximum atomic E-state index is 8.85. The van der Waals surface area contributed by atoms with Crippen LogP contribution in [-0.2, 0) is 13.5 Å². The molecule has 4 nitrogen and oxygen atoms in total. The topological polar surface area (TPSA) is 63.5 Å². The molecule has 0 bridgehead atoms. The fourth-order valence-corrected chi connectivity index (χ4v) is 2.54. The number of aryl methyl sites for hydroxylation is 2. The van der Waals surface area contributed by atoms with E-state index in [9.17, 15) is 0 Å². The van der Waals surface area contributed by atoms with E-state index in [-0.39, 0.29) is 5.84 Å². The lowest BCUT2D eigenvalue weighted by Gasteiger charge is -2.09. The highest BCUT2D eigenvalue weighted by Crippen LogP contribution is 2.25. The van der Waals surface area contributed by atoms with Crippen molar-refractivity contribution in [1.82, 2.24) is 4.57 Å². The molecule has 0 aliphatic heterocycles. The van der Waals surface area contributed by atoms with Crippen molar-refractivity contribution in [2.75, 3.05) is 0 Å². The van der Waals surface area contributed by atoms with Gasteiger partial charge in [-0.15, -0.1) is 0 Å². The van der Waals surface area contributed by atoms with Crippen molar-refractivity contribution in [1.29, 1.82) is 0 Å². The molecular weight excluding hydrogens is 238 g/mol. The third kappa shape index (κ3) is 2.57. The van der Waals surface area contributed by atoms with E-state index in [1.807, 2.05) is 25.4 Å². The molecule has 0 amide bonds. The fraction of sp³-hybridized carbons (Fsp3) is 0.400. The number of hydrogen-bond acceptors (Lipinski definition) is 2. The van der Waals surface area contributed by atoms with Crippen LogP contribution in [0.25, 0.3) is 10.9 Å². The second-order valence-electron chi connectivity index (χ2n) is 4.90. The Kier molecular flexibility index (Phi) is 4.10. The normalized spacial score (nSPS) is 12.2. The first-order valence-electron chi connectivity index (χ1n) is 6.73. The van der Waals surface area contributed by atoms with Crippen LogP contribution in [0.2, 0.25) is 0 Å². The van der Waals surface area contributed by atoms with Crippen molar-refractivity contribution < 1.29 is 5.21 Å². The van der Waals surface area contributed by atoms with E-state index in [0.717, 1.165) is 17.4 Å². The van der Waals surface area contributed by atoms with Gasteiger partial charge in [0, 0.05) is 24.2 Å². The van der Waals surface area contributed by atoms with E-state index in [2.05, 4.69) is 22.7 Å². The molecule has 0 radical (unpaired) electrons. The Hall–Kier alpha value is -1.97. The molecule has 0 unspecified atom stereocenters. The molecule has 1 aromatic heterocycles. The molecule has 2 aromatic rings. The molecular formula is C15H21N3O. The summed E-state index contributed by atoms with van der Waals surface area (Å²) in [4.78, 5) is 0. The third-order valence-electron chi connectivity index (χ3n) is 3.55. The summed E-state index contributed by atoms with van der Waals surface area (Å²) < 4.78 is 2.10. The number of aromatic nitrogens is 1. The first-order chi connectivity index (χ1) is 9.19. The van der Waals surface area contributed by atoms with Crippen LogP contribution in [0.5, 0.6) is 0 Å². The quantitative estimate of drug-likeness (QED) is 0.285. The number of oxime groups is 1. The van der Waals surface area contributed by atoms with Crippen LogP contribution < -0.4 is 5.73 Å². The molecule has 0 saturated carbocycles. The van der Waals surface area contributed by atoms with Crippen LogP contribution in [0, 0.1) is 0 Å². The average Bonchev–Trinajstić information content (AvgIpc) is 2.81. The smallest absolute Gasteiger partial charge is 0.170 e. The number of nitrogens with two attached hydrogens (primary N) is 1. The van der Waals surface area contributed by atoms with Crippen LogP contribution >= 0.6 is 0 Å². The summed E-state index contributed by atoms with van der Waals surface area (Å²) in [6.45, 7) is 2.21. The van der Waals surface area contributed by atoms with Crippen LogP contribution in [0.4, 0.5) is 0 Å². The maximum absolute atomic E-state index is 8.85. The van der Waals surface area contributed by atoms with Gasteiger partial charge in [0.25, 0.3) is 0 Å². The lowest BCUT2D eigenvalue weighted by Crippen LogP contribution is -2.13. The molecule has 0 aliphatic carbocycles. The van der Waals surface area contributed by atoms with Gasteiger partial charge in [-0.05, 0) is 24.5 Å². The van der Waals surface area contributed by atoms with Gasteiger partial charge in [-0.25, -0.2) is 0 Å². The van der Waals surface area contributed by atoms with Crippen molar-refractivity contribution >= 4 is 16.7 Å². The van der Waals surface area contributed by atoms with Crippen LogP contribution in [0.15, 0.2) is 29.6 Å². The standard InChI is InChI=1S/C15H21N3O/c1-3-4-5-6-11-7-8-13(15(16)17-19)12-9-10-18(2)14(11)12/h7-10,19H,3-6H2,1-2H3,(H2,16,17). The molecule has 1 aromatic carbocycles. The number of hydrogen-bond donors (Lipinski definition) is 2. The Morgan fingerprint density at radius 3 is 2.79 bits per heavy atom. The van der Waals surface area contributed by atoms with Crippen LogP contribution in [-0.4, -0.2) is 15.6 Å². The van der Waals surface area contributed by atoms with Crippen molar-refractivity contribution in [2.45, 2.75) is 32.6 Å². The largest absolute Gasteiger partial charge is 0.409 e. The van der Waals surface area contributed by atoms with Crippen molar-refractivity contribution in [3.8, 4) is 0 Å². The van der Waals surface area contributed by atoms with E-state index in [4.69, 9.17) is 10.9 Å². The Balaban J connectivity index is 2.48. The minimum Gasteiger partial charge on any atom is -0.409 e. The van der Waals surface area contributed by atoms with Crippen molar-refractivity contribution in [3.05, 3.63) is 35.5 Å². The summed E-state index contributed by atoms with van der Waals surface area (Å²) in [7, 11) is 2.03. The number of unbranched alkanes of at least 4 members (excludes halogenated alkanes) is 2. The molecule has 0 fully saturated rings. The van der Waals surface area contributed by atoms with Gasteiger partial charge >= 0.3 is 0 Å². The molecule has 0 atom stereocenters. The average molecular weight is 259 g/mol. The fourth-order valence-electron chi connectivity index (χ4n) is 2.54. The van der Waals surface area contributed by atoms with Gasteiger partial charge in [0.15, 0.2) is 5.84 Å². The van der Waals surface area contributed by atoms with Crippen LogP contribution in [0.3, 0.4) is 0 Å². The highest BCUT2D eigenvalue weighted by Gasteiger charge is 2.11. The van der Waals surface area contributed by atoms with Gasteiger partial charge in [0.2, 0.25) is 0 Å². The molecule has 0 aliphatic rings. The van der Waals surface area contributed by atoms with E-state index in [0.29, 0.717) is 0 Å². The minimum atomic E-state index is 0.163. The lowest BCUT2D eigenvalue weighted by atomic mass is 10.0. The monoisotopic (exact) mass is 259 g/mol. The Morgan fingerprint density at radius 1 is 1.32 bits per heavy atom. The number of rotatable bonds is 5. The van der Waals surface area contributed by atoms with Gasteiger partial charge < -0.3 is 15.5 Å². The second-order valence-corrected chi connectivity index (χ2v) is 4.90. The summed E-state index contributed by atoms with van der Waals surface area (Å²) in [5.41, 5.74) is 9.03.